The topological polar surface area (TPSA) is 146 Å². The highest BCUT2D eigenvalue weighted by molar-refractivity contribution is 5.93. The van der Waals surface area contributed by atoms with Crippen molar-refractivity contribution in [3.8, 4) is 0 Å². The number of carbonyl (C=O) groups is 1. The Morgan fingerprint density at radius 2 is 1.96 bits per heavy atom. The molecule has 0 unspecified atom stereocenters. The zero-order valence-corrected chi connectivity index (χ0v) is 13.2. The van der Waals surface area contributed by atoms with Crippen LogP contribution in [0.15, 0.2) is 49.1 Å². The number of aromatic amines is 1. The first-order chi connectivity index (χ1) is 12.2. The van der Waals surface area contributed by atoms with E-state index in [1.165, 1.54) is 0 Å². The van der Waals surface area contributed by atoms with Crippen LogP contribution >= 0.6 is 0 Å². The fourth-order valence-corrected chi connectivity index (χ4v) is 1.98. The number of hydrazine groups is 1. The molecule has 0 atom stereocenters. The first-order valence-corrected chi connectivity index (χ1v) is 7.42. The summed E-state index contributed by atoms with van der Waals surface area (Å²) >= 11 is 0. The van der Waals surface area contributed by atoms with Gasteiger partial charge in [0.1, 0.15) is 11.5 Å². The molecule has 0 radical (unpaired) electrons. The van der Waals surface area contributed by atoms with E-state index in [1.54, 1.807) is 30.9 Å². The van der Waals surface area contributed by atoms with E-state index >= 15 is 0 Å². The van der Waals surface area contributed by atoms with Crippen molar-refractivity contribution in [3.05, 3.63) is 54.6 Å². The molecular weight excluding hydrogens is 322 g/mol. The number of nitrogens with zero attached hydrogens (tertiary/aromatic N) is 3. The molecule has 0 aliphatic heterocycles. The summed E-state index contributed by atoms with van der Waals surface area (Å²) in [6, 6.07) is 6.84. The van der Waals surface area contributed by atoms with Crippen molar-refractivity contribution < 1.29 is 4.79 Å². The Bertz CT molecular complexity index is 820. The minimum atomic E-state index is -0.409. The van der Waals surface area contributed by atoms with E-state index in [2.05, 4.69) is 41.7 Å². The Morgan fingerprint density at radius 3 is 2.72 bits per heavy atom. The summed E-state index contributed by atoms with van der Waals surface area (Å²) in [5, 5.41) is 11.9. The molecule has 3 aromatic heterocycles. The van der Waals surface area contributed by atoms with Crippen LogP contribution in [0.1, 0.15) is 5.56 Å². The van der Waals surface area contributed by atoms with Gasteiger partial charge in [0.05, 0.1) is 11.9 Å². The van der Waals surface area contributed by atoms with Gasteiger partial charge in [0.15, 0.2) is 5.82 Å². The molecule has 0 aliphatic carbocycles. The number of hydrogen-bond acceptors (Lipinski definition) is 7. The van der Waals surface area contributed by atoms with Crippen LogP contribution in [-0.4, -0.2) is 26.2 Å². The van der Waals surface area contributed by atoms with Gasteiger partial charge in [0, 0.05) is 25.1 Å². The largest absolute Gasteiger partial charge is 0.382 e. The average Bonchev–Trinajstić information content (AvgIpc) is 2.99. The van der Waals surface area contributed by atoms with Crippen molar-refractivity contribution in [3.63, 3.8) is 0 Å². The van der Waals surface area contributed by atoms with Gasteiger partial charge in [-0.3, -0.25) is 31.2 Å². The number of pyridine rings is 2. The number of anilines is 4. The Morgan fingerprint density at radius 1 is 1.12 bits per heavy atom. The van der Waals surface area contributed by atoms with Gasteiger partial charge >= 0.3 is 6.03 Å². The van der Waals surface area contributed by atoms with Gasteiger partial charge in [0.25, 0.3) is 0 Å². The molecule has 0 bridgehead atoms. The van der Waals surface area contributed by atoms with Crippen LogP contribution in [0.4, 0.5) is 27.8 Å². The molecule has 3 heterocycles. The quantitative estimate of drug-likeness (QED) is 0.373. The molecule has 3 rings (SSSR count). The first kappa shape index (κ1) is 16.1. The lowest BCUT2D eigenvalue weighted by Crippen LogP contribution is -2.28. The summed E-state index contributed by atoms with van der Waals surface area (Å²) in [5.41, 5.74) is 13.7. The summed E-state index contributed by atoms with van der Waals surface area (Å²) in [7, 11) is 0. The lowest BCUT2D eigenvalue weighted by molar-refractivity contribution is 0.251. The molecular formula is C15H17N9O. The molecule has 0 spiro atoms. The smallest absolute Gasteiger partial charge is 0.320 e. The van der Waals surface area contributed by atoms with Crippen LogP contribution in [0, 0.1) is 0 Å². The third-order valence-corrected chi connectivity index (χ3v) is 3.22. The molecule has 2 amide bonds. The summed E-state index contributed by atoms with van der Waals surface area (Å²) in [4.78, 5) is 19.9. The molecule has 0 saturated heterocycles. The number of urea groups is 1. The van der Waals surface area contributed by atoms with Gasteiger partial charge < -0.3 is 11.1 Å². The van der Waals surface area contributed by atoms with Crippen LogP contribution in [0.25, 0.3) is 0 Å². The minimum Gasteiger partial charge on any atom is -0.382 e. The molecule has 3 aromatic rings. The number of rotatable bonds is 6. The second-order valence-corrected chi connectivity index (χ2v) is 5.02. The number of hydrogen-bond donors (Lipinski definition) is 6. The number of aromatic nitrogens is 4. The molecule has 25 heavy (non-hydrogen) atoms. The number of amides is 2. The second kappa shape index (κ2) is 7.64. The van der Waals surface area contributed by atoms with Crippen molar-refractivity contribution in [1.29, 1.82) is 0 Å². The lowest BCUT2D eigenvalue weighted by atomic mass is 10.3. The molecule has 0 fully saturated rings. The number of nitrogen functional groups attached to an aromatic ring is 1. The number of nitrogens with two attached hydrogens (primary N) is 1. The molecule has 0 aromatic carbocycles. The summed E-state index contributed by atoms with van der Waals surface area (Å²) in [6.07, 6.45) is 6.63. The van der Waals surface area contributed by atoms with Gasteiger partial charge in [-0.05, 0) is 29.8 Å². The zero-order chi connectivity index (χ0) is 17.5. The Balaban J connectivity index is 1.58. The van der Waals surface area contributed by atoms with Crippen LogP contribution in [0.3, 0.4) is 0 Å². The Kier molecular flexibility index (Phi) is 4.90. The molecule has 0 saturated carbocycles. The molecule has 7 N–H and O–H groups in total. The van der Waals surface area contributed by atoms with Crippen molar-refractivity contribution >= 4 is 29.0 Å². The molecule has 10 nitrogen and oxygen atoms in total. The van der Waals surface area contributed by atoms with E-state index in [0.29, 0.717) is 12.2 Å². The van der Waals surface area contributed by atoms with Crippen LogP contribution in [0.5, 0.6) is 0 Å². The van der Waals surface area contributed by atoms with Gasteiger partial charge in [-0.25, -0.2) is 4.79 Å². The minimum absolute atomic E-state index is 0.265. The Labute approximate surface area is 143 Å². The van der Waals surface area contributed by atoms with Crippen LogP contribution < -0.4 is 27.2 Å². The summed E-state index contributed by atoms with van der Waals surface area (Å²) in [5.74, 6) is 0.543. The van der Waals surface area contributed by atoms with E-state index < -0.39 is 6.03 Å². The highest BCUT2D eigenvalue weighted by Crippen LogP contribution is 2.25. The highest BCUT2D eigenvalue weighted by atomic mass is 16.2. The van der Waals surface area contributed by atoms with Crippen LogP contribution in [0.2, 0.25) is 0 Å². The lowest BCUT2D eigenvalue weighted by Gasteiger charge is -2.11. The van der Waals surface area contributed by atoms with E-state index in [-0.39, 0.29) is 11.6 Å². The SMILES string of the molecule is Nc1[nH]nc(NC(=O)NCc2ccncc2)c1NNc1cccnc1. The Hall–Kier alpha value is -3.82. The van der Waals surface area contributed by atoms with Crippen molar-refractivity contribution in [2.24, 2.45) is 0 Å². The maximum atomic E-state index is 12.0. The molecule has 10 heteroatoms. The van der Waals surface area contributed by atoms with E-state index in [0.717, 1.165) is 11.3 Å². The summed E-state index contributed by atoms with van der Waals surface area (Å²) < 4.78 is 0. The molecule has 128 valence electrons. The van der Waals surface area contributed by atoms with E-state index in [1.807, 2.05) is 18.2 Å². The van der Waals surface area contributed by atoms with Crippen LogP contribution in [-0.2, 0) is 6.54 Å². The number of carbonyl (C=O) groups excluding carboxylic acids is 1. The second-order valence-electron chi connectivity index (χ2n) is 5.02. The normalized spacial score (nSPS) is 10.1. The highest BCUT2D eigenvalue weighted by Gasteiger charge is 2.13. The fourth-order valence-electron chi connectivity index (χ4n) is 1.98. The standard InChI is InChI=1S/C15H17N9O/c16-13-12(22-21-11-2-1-5-18-9-11)14(24-23-13)20-15(25)19-8-10-3-6-17-7-4-10/h1-7,9,21-22H,8H2,(H5,16,19,20,23,24,25). The third kappa shape index (κ3) is 4.34. The zero-order valence-electron chi connectivity index (χ0n) is 13.2. The summed E-state index contributed by atoms with van der Waals surface area (Å²) in [6.45, 7) is 0.366. The van der Waals surface area contributed by atoms with Gasteiger partial charge in [-0.15, -0.1) is 0 Å². The molecule has 0 aliphatic rings. The van der Waals surface area contributed by atoms with E-state index in [9.17, 15) is 4.79 Å². The maximum Gasteiger partial charge on any atom is 0.320 e. The predicted octanol–water partition coefficient (Wildman–Crippen LogP) is 1.54. The van der Waals surface area contributed by atoms with Crippen molar-refractivity contribution in [2.45, 2.75) is 6.54 Å². The fraction of sp³-hybridized carbons (Fsp3) is 0.0667. The first-order valence-electron chi connectivity index (χ1n) is 7.42. The monoisotopic (exact) mass is 339 g/mol. The van der Waals surface area contributed by atoms with Gasteiger partial charge in [0.2, 0.25) is 0 Å². The average molecular weight is 339 g/mol. The van der Waals surface area contributed by atoms with Crippen molar-refractivity contribution in [2.75, 3.05) is 21.9 Å². The van der Waals surface area contributed by atoms with E-state index in [4.69, 9.17) is 5.73 Å². The van der Waals surface area contributed by atoms with Gasteiger partial charge in [-0.2, -0.15) is 5.10 Å². The van der Waals surface area contributed by atoms with Gasteiger partial charge in [-0.1, -0.05) is 0 Å². The maximum absolute atomic E-state index is 12.0. The van der Waals surface area contributed by atoms with Crippen molar-refractivity contribution in [1.82, 2.24) is 25.5 Å². The third-order valence-electron chi connectivity index (χ3n) is 3.22. The number of H-pyrrole nitrogens is 1. The predicted molar refractivity (Wildman–Crippen MR) is 94.6 cm³/mol. The number of nitrogens with one attached hydrogen (secondary N) is 5.